The summed E-state index contributed by atoms with van der Waals surface area (Å²) in [5, 5.41) is 13.0. The van der Waals surface area contributed by atoms with Gasteiger partial charge in [-0.25, -0.2) is 18.5 Å². The summed E-state index contributed by atoms with van der Waals surface area (Å²) in [6.45, 7) is 0.147. The molecule has 40 heavy (non-hydrogen) atoms. The molecule has 1 amide bonds. The van der Waals surface area contributed by atoms with Crippen LogP contribution in [-0.4, -0.2) is 72.0 Å². The molecule has 1 aromatic heterocycles. The van der Waals surface area contributed by atoms with Crippen molar-refractivity contribution in [1.82, 2.24) is 14.9 Å². The Kier molecular flexibility index (Phi) is 12.8. The maximum absolute atomic E-state index is 12.4. The first kappa shape index (κ1) is 34.4. The van der Waals surface area contributed by atoms with Gasteiger partial charge in [0.2, 0.25) is 5.91 Å². The quantitative estimate of drug-likeness (QED) is 0.0642. The van der Waals surface area contributed by atoms with E-state index in [-0.39, 0.29) is 17.8 Å². The van der Waals surface area contributed by atoms with Gasteiger partial charge in [-0.3, -0.25) is 13.9 Å². The van der Waals surface area contributed by atoms with Crippen molar-refractivity contribution < 1.29 is 61.1 Å². The molecule has 19 nitrogen and oxygen atoms in total. The average molecular weight is 635 g/mol. The number of aliphatic hydroxyl groups is 1. The minimum absolute atomic E-state index is 0.174. The van der Waals surface area contributed by atoms with Crippen LogP contribution < -0.4 is 22.5 Å². The first-order chi connectivity index (χ1) is 18.5. The van der Waals surface area contributed by atoms with Crippen LogP contribution in [0.4, 0.5) is 5.82 Å². The van der Waals surface area contributed by atoms with Gasteiger partial charge in [-0.05, 0) is 25.5 Å². The smallest absolute Gasteiger partial charge is 0.390 e. The van der Waals surface area contributed by atoms with Crippen LogP contribution >= 0.6 is 23.5 Å². The van der Waals surface area contributed by atoms with Crippen molar-refractivity contribution in [3.8, 4) is 0 Å². The summed E-state index contributed by atoms with van der Waals surface area (Å²) in [4.78, 5) is 64.0. The molecule has 2 heterocycles. The summed E-state index contributed by atoms with van der Waals surface area (Å²) in [5.74, 6) is -0.593. The number of aromatic nitrogens is 2. The first-order valence-corrected chi connectivity index (χ1v) is 16.2. The van der Waals surface area contributed by atoms with Crippen molar-refractivity contribution in [2.45, 2.75) is 50.5 Å². The Morgan fingerprint density at radius 2 is 1.82 bits per heavy atom. The van der Waals surface area contributed by atoms with Crippen LogP contribution in [0.5, 0.6) is 0 Å². The van der Waals surface area contributed by atoms with Crippen molar-refractivity contribution in [2.75, 3.05) is 25.4 Å². The summed E-state index contributed by atoms with van der Waals surface area (Å²) in [5.41, 5.74) is 10.5. The molecule has 0 spiro atoms. The molecule has 0 saturated carbocycles. The highest BCUT2D eigenvalue weighted by atomic mass is 31.3. The lowest BCUT2D eigenvalue weighted by Gasteiger charge is -2.19. The van der Waals surface area contributed by atoms with Crippen molar-refractivity contribution in [3.63, 3.8) is 0 Å². The molecule has 1 aliphatic heterocycles. The Bertz CT molecular complexity index is 1250. The summed E-state index contributed by atoms with van der Waals surface area (Å²) >= 11 is 0. The van der Waals surface area contributed by atoms with Gasteiger partial charge in [0.15, 0.2) is 0 Å². The molecule has 2 unspecified atom stereocenters. The number of nitrogens with zero attached hydrogens (tertiary/aromatic N) is 2. The van der Waals surface area contributed by atoms with Gasteiger partial charge in [-0.1, -0.05) is 12.8 Å². The van der Waals surface area contributed by atoms with E-state index < -0.39 is 60.1 Å². The van der Waals surface area contributed by atoms with Gasteiger partial charge in [0.25, 0.3) is 0 Å². The third-order valence-corrected chi connectivity index (χ3v) is 8.99. The molecular weight excluding hydrogens is 603 g/mol. The Labute approximate surface area is 227 Å². The Morgan fingerprint density at radius 3 is 2.48 bits per heavy atom. The molecular formula is C18H32N5O14P3. The highest BCUT2D eigenvalue weighted by Crippen LogP contribution is 2.66. The second-order valence-electron chi connectivity index (χ2n) is 8.42. The second-order valence-corrected chi connectivity index (χ2v) is 12.8. The molecule has 10 N–H and O–H groups in total. The van der Waals surface area contributed by atoms with E-state index >= 15 is 0 Å². The SMILES string of the molecule is NCCCCCCNC(=O)/C=C/c1cn([C@H]2C[C@H](O)[C@@H](COP(=O)(O)OP(=O)(O)OP(=O)(O)O)O2)c(=O)nc1N. The number of hydrogen-bond donors (Lipinski definition) is 8. The zero-order valence-corrected chi connectivity index (χ0v) is 23.6. The lowest BCUT2D eigenvalue weighted by Crippen LogP contribution is -2.29. The number of rotatable bonds is 16. The van der Waals surface area contributed by atoms with Gasteiger partial charge in [0, 0.05) is 30.8 Å². The van der Waals surface area contributed by atoms with Gasteiger partial charge in [0.05, 0.1) is 12.7 Å². The predicted molar refractivity (Wildman–Crippen MR) is 137 cm³/mol. The monoisotopic (exact) mass is 635 g/mol. The van der Waals surface area contributed by atoms with Gasteiger partial charge in [0.1, 0.15) is 18.1 Å². The van der Waals surface area contributed by atoms with E-state index in [4.69, 9.17) is 26.0 Å². The molecule has 0 radical (unpaired) electrons. The molecule has 0 bridgehead atoms. The number of anilines is 1. The number of nitrogens with two attached hydrogens (primary N) is 2. The second kappa shape index (κ2) is 14.9. The first-order valence-electron chi connectivity index (χ1n) is 11.7. The Balaban J connectivity index is 2.00. The molecule has 1 aromatic rings. The topological polar surface area (TPSA) is 305 Å². The third-order valence-electron chi connectivity index (χ3n) is 5.19. The number of phosphoric ester groups is 1. The van der Waals surface area contributed by atoms with E-state index in [1.807, 2.05) is 0 Å². The van der Waals surface area contributed by atoms with Crippen molar-refractivity contribution in [1.29, 1.82) is 0 Å². The number of nitrogen functional groups attached to an aromatic ring is 1. The zero-order chi connectivity index (χ0) is 30.1. The molecule has 1 saturated heterocycles. The van der Waals surface area contributed by atoms with Crippen LogP contribution in [0, 0.1) is 0 Å². The van der Waals surface area contributed by atoms with Crippen LogP contribution in [0.1, 0.15) is 43.9 Å². The highest BCUT2D eigenvalue weighted by Gasteiger charge is 2.43. The minimum atomic E-state index is -5.72. The van der Waals surface area contributed by atoms with E-state index in [0.29, 0.717) is 13.1 Å². The van der Waals surface area contributed by atoms with Gasteiger partial charge < -0.3 is 46.2 Å². The fourth-order valence-corrected chi connectivity index (χ4v) is 6.43. The van der Waals surface area contributed by atoms with E-state index in [1.165, 1.54) is 18.3 Å². The van der Waals surface area contributed by atoms with E-state index in [9.17, 15) is 38.2 Å². The number of hydrogen-bond acceptors (Lipinski definition) is 13. The maximum Gasteiger partial charge on any atom is 0.490 e. The molecule has 1 aliphatic rings. The van der Waals surface area contributed by atoms with Crippen LogP contribution in [0.25, 0.3) is 6.08 Å². The molecule has 22 heteroatoms. The van der Waals surface area contributed by atoms with Crippen LogP contribution in [-0.2, 0) is 36.4 Å². The van der Waals surface area contributed by atoms with E-state index in [1.54, 1.807) is 0 Å². The molecule has 2 rings (SSSR count). The van der Waals surface area contributed by atoms with Gasteiger partial charge >= 0.3 is 29.2 Å². The van der Waals surface area contributed by atoms with Crippen molar-refractivity contribution in [3.05, 3.63) is 28.3 Å². The van der Waals surface area contributed by atoms with E-state index in [2.05, 4.69) is 23.4 Å². The van der Waals surface area contributed by atoms with E-state index in [0.717, 1.165) is 30.3 Å². The molecule has 0 aromatic carbocycles. The van der Waals surface area contributed by atoms with Crippen LogP contribution in [0.15, 0.2) is 17.1 Å². The van der Waals surface area contributed by atoms with Crippen molar-refractivity contribution in [2.24, 2.45) is 5.73 Å². The summed E-state index contributed by atoms with van der Waals surface area (Å²) < 4.78 is 52.1. The maximum atomic E-state index is 12.4. The normalized spacial score (nSPS) is 22.7. The number of ether oxygens (including phenoxy) is 1. The summed E-state index contributed by atoms with van der Waals surface area (Å²) in [7, 11) is -16.7. The Hall–Kier alpha value is -1.82. The predicted octanol–water partition coefficient (Wildman–Crippen LogP) is -0.534. The lowest BCUT2D eigenvalue weighted by atomic mass is 10.2. The molecule has 5 atom stereocenters. The number of phosphoric acid groups is 3. The largest absolute Gasteiger partial charge is 0.490 e. The Morgan fingerprint density at radius 1 is 1.15 bits per heavy atom. The van der Waals surface area contributed by atoms with Gasteiger partial charge in [-0.15, -0.1) is 0 Å². The fourth-order valence-electron chi connectivity index (χ4n) is 3.40. The number of amides is 1. The van der Waals surface area contributed by atoms with Crippen molar-refractivity contribution >= 4 is 41.3 Å². The number of unbranched alkanes of at least 4 members (excludes halogenated alkanes) is 3. The minimum Gasteiger partial charge on any atom is -0.390 e. The standard InChI is InChI=1S/C18H32N5O14P3/c19-7-3-1-2-4-8-21-15(25)6-5-12-10-23(18(26)22-17(12)20)16-9-13(24)14(35-16)11-34-39(30,31)37-40(32,33)36-38(27,28)29/h5-6,10,13-14,16,24H,1-4,7-9,11,19H2,(H,21,25)(H,30,31)(H,32,33)(H2,20,22,26)(H2,27,28,29)/b6-5+/t13-,14+,16+/m0/s1. The number of carbonyl (C=O) groups excluding carboxylic acids is 1. The average Bonchev–Trinajstić information content (AvgIpc) is 3.17. The lowest BCUT2D eigenvalue weighted by molar-refractivity contribution is -0.116. The summed E-state index contributed by atoms with van der Waals surface area (Å²) in [6, 6.07) is 0. The van der Waals surface area contributed by atoms with Crippen LogP contribution in [0.2, 0.25) is 0 Å². The zero-order valence-electron chi connectivity index (χ0n) is 20.9. The molecule has 1 fully saturated rings. The fraction of sp³-hybridized carbons (Fsp3) is 0.611. The number of carbonyl (C=O) groups is 1. The molecule has 228 valence electrons. The number of aliphatic hydroxyl groups excluding tert-OH is 1. The highest BCUT2D eigenvalue weighted by molar-refractivity contribution is 7.66. The third kappa shape index (κ3) is 12.0. The van der Waals surface area contributed by atoms with Gasteiger partial charge in [-0.2, -0.15) is 13.6 Å². The molecule has 0 aliphatic carbocycles. The van der Waals surface area contributed by atoms with Crippen LogP contribution in [0.3, 0.4) is 0 Å². The number of nitrogens with one attached hydrogen (secondary N) is 1. The summed E-state index contributed by atoms with van der Waals surface area (Å²) in [6.07, 6.45) is 3.15.